The van der Waals surface area contributed by atoms with E-state index in [4.69, 9.17) is 9.47 Å². The van der Waals surface area contributed by atoms with Gasteiger partial charge in [0.25, 0.3) is 0 Å². The molecular weight excluding hydrogens is 370 g/mol. The van der Waals surface area contributed by atoms with Gasteiger partial charge in [-0.05, 0) is 42.0 Å². The van der Waals surface area contributed by atoms with Crippen LogP contribution in [0.2, 0.25) is 0 Å². The number of carbonyl (C=O) groups is 1. The normalized spacial score (nSPS) is 10.5. The third-order valence-electron chi connectivity index (χ3n) is 3.79. The van der Waals surface area contributed by atoms with Crippen molar-refractivity contribution in [1.82, 2.24) is 4.98 Å². The highest BCUT2D eigenvalue weighted by Gasteiger charge is 2.17. The SMILES string of the molecule is COc1ccc(-c2c[nH]cc2C(=O)c2ccc(Br)cc2)cc1OC. The number of aromatic nitrogens is 1. The van der Waals surface area contributed by atoms with E-state index in [0.717, 1.165) is 15.6 Å². The summed E-state index contributed by atoms with van der Waals surface area (Å²) in [5, 5.41) is 0. The molecule has 0 aliphatic rings. The number of nitrogens with one attached hydrogen (secondary N) is 1. The molecule has 3 rings (SSSR count). The smallest absolute Gasteiger partial charge is 0.195 e. The topological polar surface area (TPSA) is 51.3 Å². The van der Waals surface area contributed by atoms with Gasteiger partial charge in [0.1, 0.15) is 0 Å². The van der Waals surface area contributed by atoms with Crippen LogP contribution in [0.3, 0.4) is 0 Å². The van der Waals surface area contributed by atoms with E-state index < -0.39 is 0 Å². The number of carbonyl (C=O) groups excluding carboxylic acids is 1. The highest BCUT2D eigenvalue weighted by atomic mass is 79.9. The second-order valence-electron chi connectivity index (χ2n) is 5.19. The van der Waals surface area contributed by atoms with Crippen LogP contribution in [0.25, 0.3) is 11.1 Å². The molecule has 0 fully saturated rings. The molecule has 24 heavy (non-hydrogen) atoms. The van der Waals surface area contributed by atoms with Crippen LogP contribution in [-0.4, -0.2) is 25.0 Å². The summed E-state index contributed by atoms with van der Waals surface area (Å²) in [6, 6.07) is 12.9. The lowest BCUT2D eigenvalue weighted by atomic mass is 9.98. The van der Waals surface area contributed by atoms with E-state index in [9.17, 15) is 4.79 Å². The molecule has 122 valence electrons. The van der Waals surface area contributed by atoms with Crippen LogP contribution < -0.4 is 9.47 Å². The van der Waals surface area contributed by atoms with Crippen molar-refractivity contribution in [3.8, 4) is 22.6 Å². The molecule has 0 atom stereocenters. The lowest BCUT2D eigenvalue weighted by Gasteiger charge is -2.10. The third kappa shape index (κ3) is 3.08. The molecule has 0 amide bonds. The van der Waals surface area contributed by atoms with Gasteiger partial charge >= 0.3 is 0 Å². The van der Waals surface area contributed by atoms with Crippen molar-refractivity contribution < 1.29 is 14.3 Å². The highest BCUT2D eigenvalue weighted by molar-refractivity contribution is 9.10. The molecule has 0 radical (unpaired) electrons. The molecule has 1 heterocycles. The second kappa shape index (κ2) is 6.93. The van der Waals surface area contributed by atoms with Crippen molar-refractivity contribution in [3.05, 3.63) is 70.5 Å². The molecule has 0 spiro atoms. The minimum atomic E-state index is -0.0338. The maximum absolute atomic E-state index is 12.8. The maximum atomic E-state index is 12.8. The molecule has 3 aromatic rings. The number of hydrogen-bond donors (Lipinski definition) is 1. The summed E-state index contributed by atoms with van der Waals surface area (Å²) in [7, 11) is 3.18. The Labute approximate surface area is 148 Å². The van der Waals surface area contributed by atoms with Crippen molar-refractivity contribution in [2.24, 2.45) is 0 Å². The first-order valence-corrected chi connectivity index (χ1v) is 8.12. The van der Waals surface area contributed by atoms with E-state index in [0.29, 0.717) is 22.6 Å². The van der Waals surface area contributed by atoms with Crippen molar-refractivity contribution in [1.29, 1.82) is 0 Å². The van der Waals surface area contributed by atoms with Gasteiger partial charge in [0.2, 0.25) is 0 Å². The number of halogens is 1. The van der Waals surface area contributed by atoms with Gasteiger partial charge in [-0.1, -0.05) is 22.0 Å². The van der Waals surface area contributed by atoms with E-state index in [1.807, 2.05) is 36.5 Å². The summed E-state index contributed by atoms with van der Waals surface area (Å²) in [5.41, 5.74) is 2.96. The maximum Gasteiger partial charge on any atom is 0.195 e. The van der Waals surface area contributed by atoms with Crippen LogP contribution in [0.5, 0.6) is 11.5 Å². The number of H-pyrrole nitrogens is 1. The third-order valence-corrected chi connectivity index (χ3v) is 4.32. The fourth-order valence-corrected chi connectivity index (χ4v) is 2.82. The van der Waals surface area contributed by atoms with Gasteiger partial charge in [0, 0.05) is 33.6 Å². The Morgan fingerprint density at radius 2 is 1.67 bits per heavy atom. The summed E-state index contributed by atoms with van der Waals surface area (Å²) >= 11 is 3.38. The summed E-state index contributed by atoms with van der Waals surface area (Å²) < 4.78 is 11.5. The highest BCUT2D eigenvalue weighted by Crippen LogP contribution is 2.34. The largest absolute Gasteiger partial charge is 0.493 e. The van der Waals surface area contributed by atoms with E-state index in [-0.39, 0.29) is 5.78 Å². The average Bonchev–Trinajstić information content (AvgIpc) is 3.10. The van der Waals surface area contributed by atoms with Crippen LogP contribution in [0.15, 0.2) is 59.3 Å². The predicted molar refractivity (Wildman–Crippen MR) is 96.9 cm³/mol. The Morgan fingerprint density at radius 3 is 2.33 bits per heavy atom. The quantitative estimate of drug-likeness (QED) is 0.648. The zero-order valence-electron chi connectivity index (χ0n) is 13.3. The van der Waals surface area contributed by atoms with Gasteiger partial charge in [0.05, 0.1) is 14.2 Å². The Kier molecular flexibility index (Phi) is 4.71. The Hall–Kier alpha value is -2.53. The molecule has 0 saturated heterocycles. The average molecular weight is 386 g/mol. The first-order valence-electron chi connectivity index (χ1n) is 7.33. The van der Waals surface area contributed by atoms with Gasteiger partial charge in [-0.25, -0.2) is 0 Å². The summed E-state index contributed by atoms with van der Waals surface area (Å²) in [6.07, 6.45) is 3.53. The first kappa shape index (κ1) is 16.3. The number of benzene rings is 2. The second-order valence-corrected chi connectivity index (χ2v) is 6.10. The van der Waals surface area contributed by atoms with Crippen molar-refractivity contribution >= 4 is 21.7 Å². The molecule has 0 bridgehead atoms. The zero-order valence-corrected chi connectivity index (χ0v) is 14.9. The van der Waals surface area contributed by atoms with Crippen molar-refractivity contribution in [2.75, 3.05) is 14.2 Å². The van der Waals surface area contributed by atoms with Crippen LogP contribution in [0.1, 0.15) is 15.9 Å². The minimum Gasteiger partial charge on any atom is -0.493 e. The Balaban J connectivity index is 2.01. The fourth-order valence-electron chi connectivity index (χ4n) is 2.55. The Morgan fingerprint density at radius 1 is 0.958 bits per heavy atom. The Bertz CT molecular complexity index is 869. The van der Waals surface area contributed by atoms with Gasteiger partial charge in [0.15, 0.2) is 17.3 Å². The number of rotatable bonds is 5. The minimum absolute atomic E-state index is 0.0338. The first-order chi connectivity index (χ1) is 11.6. The molecule has 4 nitrogen and oxygen atoms in total. The molecule has 0 aliphatic heterocycles. The standard InChI is InChI=1S/C19H16BrNO3/c1-23-17-8-5-13(9-18(17)24-2)15-10-21-11-16(15)19(22)12-3-6-14(20)7-4-12/h3-11,21H,1-2H3. The van der Waals surface area contributed by atoms with Crippen molar-refractivity contribution in [2.45, 2.75) is 0 Å². The van der Waals surface area contributed by atoms with Gasteiger partial charge in [-0.15, -0.1) is 0 Å². The van der Waals surface area contributed by atoms with Crippen LogP contribution in [0, 0.1) is 0 Å². The van der Waals surface area contributed by atoms with Gasteiger partial charge in [-0.3, -0.25) is 4.79 Å². The lowest BCUT2D eigenvalue weighted by Crippen LogP contribution is -2.01. The van der Waals surface area contributed by atoms with Gasteiger partial charge in [-0.2, -0.15) is 0 Å². The number of methoxy groups -OCH3 is 2. The summed E-state index contributed by atoms with van der Waals surface area (Å²) in [5.74, 6) is 1.24. The summed E-state index contributed by atoms with van der Waals surface area (Å²) in [6.45, 7) is 0. The van der Waals surface area contributed by atoms with E-state index in [1.165, 1.54) is 0 Å². The van der Waals surface area contributed by atoms with E-state index in [1.54, 1.807) is 32.5 Å². The monoisotopic (exact) mass is 385 g/mol. The van der Waals surface area contributed by atoms with Gasteiger partial charge < -0.3 is 14.5 Å². The molecule has 2 aromatic carbocycles. The van der Waals surface area contributed by atoms with Crippen LogP contribution in [-0.2, 0) is 0 Å². The molecule has 0 unspecified atom stereocenters. The van der Waals surface area contributed by atoms with E-state index >= 15 is 0 Å². The molecule has 0 saturated carbocycles. The van der Waals surface area contributed by atoms with E-state index in [2.05, 4.69) is 20.9 Å². The number of hydrogen-bond acceptors (Lipinski definition) is 3. The van der Waals surface area contributed by atoms with Crippen LogP contribution >= 0.6 is 15.9 Å². The molecule has 5 heteroatoms. The number of ether oxygens (including phenoxy) is 2. The molecule has 0 aliphatic carbocycles. The fraction of sp³-hybridized carbons (Fsp3) is 0.105. The molecule has 1 aromatic heterocycles. The number of aromatic amines is 1. The zero-order chi connectivity index (χ0) is 17.1. The summed E-state index contributed by atoms with van der Waals surface area (Å²) in [4.78, 5) is 15.8. The molecular formula is C19H16BrNO3. The predicted octanol–water partition coefficient (Wildman–Crippen LogP) is 4.69. The van der Waals surface area contributed by atoms with Crippen LogP contribution in [0.4, 0.5) is 0 Å². The number of ketones is 1. The van der Waals surface area contributed by atoms with Crippen molar-refractivity contribution in [3.63, 3.8) is 0 Å². The lowest BCUT2D eigenvalue weighted by molar-refractivity contribution is 0.103. The molecule has 1 N–H and O–H groups in total.